The van der Waals surface area contributed by atoms with E-state index < -0.39 is 0 Å². The van der Waals surface area contributed by atoms with Gasteiger partial charge in [-0.15, -0.1) is 0 Å². The van der Waals surface area contributed by atoms with Gasteiger partial charge in [0.15, 0.2) is 0 Å². The van der Waals surface area contributed by atoms with Gasteiger partial charge >= 0.3 is 0 Å². The maximum Gasteiger partial charge on any atom is 0.269 e. The molecule has 0 unspecified atom stereocenters. The van der Waals surface area contributed by atoms with Crippen molar-refractivity contribution in [2.75, 3.05) is 0 Å². The maximum atomic E-state index is 12.4. The van der Waals surface area contributed by atoms with Crippen LogP contribution in [0.4, 0.5) is 0 Å². The van der Waals surface area contributed by atoms with E-state index in [2.05, 4.69) is 45.8 Å². The maximum absolute atomic E-state index is 12.4. The molecule has 0 aliphatic heterocycles. The van der Waals surface area contributed by atoms with Crippen LogP contribution in [0.25, 0.3) is 0 Å². The summed E-state index contributed by atoms with van der Waals surface area (Å²) < 4.78 is 0. The minimum atomic E-state index is -0.0348. The molecular weight excluding hydrogens is 274 g/mol. The molecule has 0 spiro atoms. The van der Waals surface area contributed by atoms with Crippen LogP contribution in [-0.2, 0) is 0 Å². The second-order valence-corrected chi connectivity index (χ2v) is 6.52. The molecular formula is C18H21N3O. The van der Waals surface area contributed by atoms with E-state index in [9.17, 15) is 4.79 Å². The molecule has 1 aromatic carbocycles. The smallest absolute Gasteiger partial charge is 0.269 e. The first-order valence-corrected chi connectivity index (χ1v) is 8.20. The number of nitrogens with zero attached hydrogens (tertiary/aromatic N) is 1. The van der Waals surface area contributed by atoms with Crippen molar-refractivity contribution in [3.63, 3.8) is 0 Å². The van der Waals surface area contributed by atoms with E-state index in [4.69, 9.17) is 0 Å². The van der Waals surface area contributed by atoms with Crippen LogP contribution in [-0.4, -0.2) is 22.1 Å². The summed E-state index contributed by atoms with van der Waals surface area (Å²) in [5.74, 6) is 1.78. The van der Waals surface area contributed by atoms with E-state index >= 15 is 0 Å². The zero-order valence-corrected chi connectivity index (χ0v) is 12.5. The zero-order valence-electron chi connectivity index (χ0n) is 12.5. The fraction of sp³-hybridized carbons (Fsp3) is 0.444. The third kappa shape index (κ3) is 2.23. The van der Waals surface area contributed by atoms with Gasteiger partial charge in [-0.3, -0.25) is 9.89 Å². The fourth-order valence-corrected chi connectivity index (χ4v) is 4.41. The second kappa shape index (κ2) is 5.59. The van der Waals surface area contributed by atoms with E-state index in [0.717, 1.165) is 5.92 Å². The van der Waals surface area contributed by atoms with Crippen molar-refractivity contribution in [1.82, 2.24) is 15.5 Å². The molecule has 2 fully saturated rings. The van der Waals surface area contributed by atoms with Crippen LogP contribution in [0.3, 0.4) is 0 Å². The summed E-state index contributed by atoms with van der Waals surface area (Å²) in [6.45, 7) is 0. The lowest BCUT2D eigenvalue weighted by molar-refractivity contribution is 0.0250. The topological polar surface area (TPSA) is 57.8 Å². The highest BCUT2D eigenvalue weighted by atomic mass is 16.2. The number of nitrogens with one attached hydrogen (secondary N) is 2. The number of hydrogen-bond donors (Lipinski definition) is 2. The van der Waals surface area contributed by atoms with Crippen LogP contribution in [0.1, 0.15) is 47.7 Å². The SMILES string of the molecule is O=C(N[C@H]1[C@@H]2CCCC[C@H]2[C@@H]1c1ccccc1)c1ccn[nH]1. The Morgan fingerprint density at radius 3 is 2.59 bits per heavy atom. The molecule has 2 saturated carbocycles. The third-order valence-electron chi connectivity index (χ3n) is 5.41. The van der Waals surface area contributed by atoms with Crippen molar-refractivity contribution in [2.45, 2.75) is 37.6 Å². The van der Waals surface area contributed by atoms with Crippen molar-refractivity contribution < 1.29 is 4.79 Å². The Labute approximate surface area is 130 Å². The minimum absolute atomic E-state index is 0.0348. The van der Waals surface area contributed by atoms with Crippen LogP contribution in [0.15, 0.2) is 42.6 Å². The lowest BCUT2D eigenvalue weighted by Gasteiger charge is -2.55. The van der Waals surface area contributed by atoms with E-state index in [1.165, 1.54) is 31.2 Å². The summed E-state index contributed by atoms with van der Waals surface area (Å²) in [7, 11) is 0. The lowest BCUT2D eigenvalue weighted by atomic mass is 9.53. The van der Waals surface area contributed by atoms with E-state index in [0.29, 0.717) is 17.5 Å². The first-order chi connectivity index (χ1) is 10.8. The predicted octanol–water partition coefficient (Wildman–Crippen LogP) is 3.11. The molecule has 1 aromatic heterocycles. The van der Waals surface area contributed by atoms with Crippen molar-refractivity contribution in [3.8, 4) is 0 Å². The van der Waals surface area contributed by atoms with Gasteiger partial charge in [0.05, 0.1) is 0 Å². The number of rotatable bonds is 3. The molecule has 114 valence electrons. The highest BCUT2D eigenvalue weighted by Gasteiger charge is 2.51. The highest BCUT2D eigenvalue weighted by Crippen LogP contribution is 2.54. The zero-order chi connectivity index (χ0) is 14.9. The summed E-state index contributed by atoms with van der Waals surface area (Å²) in [5, 5.41) is 9.88. The number of aromatic nitrogens is 2. The van der Waals surface area contributed by atoms with Gasteiger partial charge in [-0.05, 0) is 36.3 Å². The molecule has 0 saturated heterocycles. The number of amides is 1. The van der Waals surface area contributed by atoms with Crippen LogP contribution < -0.4 is 5.32 Å². The average molecular weight is 295 g/mol. The molecule has 4 atom stereocenters. The highest BCUT2D eigenvalue weighted by molar-refractivity contribution is 5.92. The average Bonchev–Trinajstić information content (AvgIpc) is 3.08. The molecule has 4 nitrogen and oxygen atoms in total. The van der Waals surface area contributed by atoms with Gasteiger partial charge in [0.1, 0.15) is 5.69 Å². The quantitative estimate of drug-likeness (QED) is 0.914. The molecule has 2 aliphatic carbocycles. The Bertz CT molecular complexity index is 638. The van der Waals surface area contributed by atoms with Gasteiger partial charge in [0, 0.05) is 18.2 Å². The number of hydrogen-bond acceptors (Lipinski definition) is 2. The van der Waals surface area contributed by atoms with Crippen molar-refractivity contribution in [3.05, 3.63) is 53.9 Å². The molecule has 2 N–H and O–H groups in total. The van der Waals surface area contributed by atoms with Crippen LogP contribution in [0.2, 0.25) is 0 Å². The number of carbonyl (C=O) groups excluding carboxylic acids is 1. The van der Waals surface area contributed by atoms with E-state index in [1.54, 1.807) is 12.3 Å². The second-order valence-electron chi connectivity index (χ2n) is 6.52. The van der Waals surface area contributed by atoms with Crippen LogP contribution >= 0.6 is 0 Å². The Morgan fingerprint density at radius 1 is 1.09 bits per heavy atom. The fourth-order valence-electron chi connectivity index (χ4n) is 4.41. The van der Waals surface area contributed by atoms with Gasteiger partial charge in [0.2, 0.25) is 0 Å². The molecule has 0 bridgehead atoms. The van der Waals surface area contributed by atoms with Crippen LogP contribution in [0, 0.1) is 11.8 Å². The summed E-state index contributed by atoms with van der Waals surface area (Å²) in [6, 6.07) is 12.6. The molecule has 4 rings (SSSR count). The number of H-pyrrole nitrogens is 1. The summed E-state index contributed by atoms with van der Waals surface area (Å²) >= 11 is 0. The molecule has 0 radical (unpaired) electrons. The lowest BCUT2D eigenvalue weighted by Crippen LogP contribution is -2.59. The molecule has 2 aromatic rings. The molecule has 1 heterocycles. The number of fused-ring (bicyclic) bond motifs is 1. The summed E-state index contributed by atoms with van der Waals surface area (Å²) in [6.07, 6.45) is 6.77. The normalized spacial score (nSPS) is 30.2. The molecule has 2 aliphatic rings. The van der Waals surface area contributed by atoms with Crippen molar-refractivity contribution in [1.29, 1.82) is 0 Å². The van der Waals surface area contributed by atoms with E-state index in [1.807, 2.05) is 0 Å². The Hall–Kier alpha value is -2.10. The van der Waals surface area contributed by atoms with Gasteiger partial charge in [-0.2, -0.15) is 5.10 Å². The number of aromatic amines is 1. The van der Waals surface area contributed by atoms with Crippen molar-refractivity contribution in [2.24, 2.45) is 11.8 Å². The largest absolute Gasteiger partial charge is 0.347 e. The van der Waals surface area contributed by atoms with Gasteiger partial charge in [0.25, 0.3) is 5.91 Å². The number of benzene rings is 1. The number of carbonyl (C=O) groups is 1. The molecule has 4 heteroatoms. The molecule has 22 heavy (non-hydrogen) atoms. The minimum Gasteiger partial charge on any atom is -0.347 e. The first-order valence-electron chi connectivity index (χ1n) is 8.20. The van der Waals surface area contributed by atoms with Crippen molar-refractivity contribution >= 4 is 5.91 Å². The Kier molecular flexibility index (Phi) is 3.45. The van der Waals surface area contributed by atoms with E-state index in [-0.39, 0.29) is 11.9 Å². The van der Waals surface area contributed by atoms with Crippen LogP contribution in [0.5, 0.6) is 0 Å². The summed E-state index contributed by atoms with van der Waals surface area (Å²) in [4.78, 5) is 12.4. The van der Waals surface area contributed by atoms with Gasteiger partial charge in [-0.1, -0.05) is 43.2 Å². The standard InChI is InChI=1S/C18H21N3O/c22-18(15-10-11-19-21-15)20-17-14-9-5-4-8-13(14)16(17)12-6-2-1-3-7-12/h1-3,6-7,10-11,13-14,16-17H,4-5,8-9H2,(H,19,21)(H,20,22)/t13-,14-,16+,17+/m1/s1. The van der Waals surface area contributed by atoms with Gasteiger partial charge in [-0.25, -0.2) is 0 Å². The Morgan fingerprint density at radius 2 is 1.86 bits per heavy atom. The summed E-state index contributed by atoms with van der Waals surface area (Å²) in [5.41, 5.74) is 1.91. The van der Waals surface area contributed by atoms with Gasteiger partial charge < -0.3 is 5.32 Å². The first kappa shape index (κ1) is 13.6. The molecule has 1 amide bonds. The predicted molar refractivity (Wildman–Crippen MR) is 84.5 cm³/mol. The monoisotopic (exact) mass is 295 g/mol. The third-order valence-corrected chi connectivity index (χ3v) is 5.41. The Balaban J connectivity index is 1.57.